The number of amides is 2. The summed E-state index contributed by atoms with van der Waals surface area (Å²) < 4.78 is 5.46. The molecule has 0 aliphatic carbocycles. The van der Waals surface area contributed by atoms with Crippen LogP contribution in [0.4, 0.5) is 11.4 Å². The predicted molar refractivity (Wildman–Crippen MR) is 109 cm³/mol. The second kappa shape index (κ2) is 7.81. The summed E-state index contributed by atoms with van der Waals surface area (Å²) in [4.78, 5) is 31.1. The van der Waals surface area contributed by atoms with E-state index in [0.717, 1.165) is 24.5 Å². The van der Waals surface area contributed by atoms with Gasteiger partial charge in [-0.1, -0.05) is 35.9 Å². The number of piperazine rings is 1. The molecule has 2 aromatic rings. The van der Waals surface area contributed by atoms with Gasteiger partial charge in [-0.2, -0.15) is 0 Å². The number of nitrogens with zero attached hydrogens (tertiary/aromatic N) is 3. The standard InChI is InChI=1S/C21H22ClN3O3/c1-28-19-9-5-4-8-17(19)23-10-12-24(13-11-23)18-14-20(26)25(21(18)27)16-7-3-2-6-15(16)22/h2-9,18H,10-14H2,1H3/t18-/m0/s1. The number of carbonyl (C=O) groups is 2. The van der Waals surface area contributed by atoms with Gasteiger partial charge in [0, 0.05) is 26.2 Å². The molecule has 2 saturated heterocycles. The van der Waals surface area contributed by atoms with Crippen LogP contribution in [-0.4, -0.2) is 56.0 Å². The van der Waals surface area contributed by atoms with E-state index in [1.165, 1.54) is 4.90 Å². The van der Waals surface area contributed by atoms with Gasteiger partial charge in [0.15, 0.2) is 0 Å². The average molecular weight is 400 g/mol. The maximum absolute atomic E-state index is 13.0. The topological polar surface area (TPSA) is 53.1 Å². The number of rotatable bonds is 4. The molecule has 2 aliphatic rings. The van der Waals surface area contributed by atoms with Crippen molar-refractivity contribution in [3.05, 3.63) is 53.6 Å². The summed E-state index contributed by atoms with van der Waals surface area (Å²) in [5, 5.41) is 0.408. The fourth-order valence-electron chi connectivity index (χ4n) is 3.95. The average Bonchev–Trinajstić information content (AvgIpc) is 3.02. The highest BCUT2D eigenvalue weighted by atomic mass is 35.5. The first kappa shape index (κ1) is 18.8. The molecule has 2 heterocycles. The zero-order valence-electron chi connectivity index (χ0n) is 15.7. The monoisotopic (exact) mass is 399 g/mol. The first-order valence-electron chi connectivity index (χ1n) is 9.33. The maximum Gasteiger partial charge on any atom is 0.251 e. The molecule has 28 heavy (non-hydrogen) atoms. The molecule has 0 saturated carbocycles. The number of para-hydroxylation sites is 3. The van der Waals surface area contributed by atoms with Crippen LogP contribution >= 0.6 is 11.6 Å². The van der Waals surface area contributed by atoms with Gasteiger partial charge < -0.3 is 9.64 Å². The number of anilines is 2. The molecule has 0 aromatic heterocycles. The van der Waals surface area contributed by atoms with Gasteiger partial charge in [-0.15, -0.1) is 0 Å². The van der Waals surface area contributed by atoms with Crippen LogP contribution in [0, 0.1) is 0 Å². The summed E-state index contributed by atoms with van der Waals surface area (Å²) in [6.07, 6.45) is 0.193. The molecule has 7 heteroatoms. The van der Waals surface area contributed by atoms with E-state index in [-0.39, 0.29) is 18.2 Å². The molecular weight excluding hydrogens is 378 g/mol. The van der Waals surface area contributed by atoms with Crippen molar-refractivity contribution in [3.63, 3.8) is 0 Å². The van der Waals surface area contributed by atoms with Crippen molar-refractivity contribution in [1.82, 2.24) is 4.90 Å². The number of imide groups is 1. The normalized spacial score (nSPS) is 20.7. The second-order valence-electron chi connectivity index (χ2n) is 6.93. The van der Waals surface area contributed by atoms with Crippen LogP contribution in [0.5, 0.6) is 5.75 Å². The molecule has 0 bridgehead atoms. The van der Waals surface area contributed by atoms with Crippen molar-refractivity contribution in [2.45, 2.75) is 12.5 Å². The summed E-state index contributed by atoms with van der Waals surface area (Å²) in [6, 6.07) is 14.5. The van der Waals surface area contributed by atoms with Crippen LogP contribution in [-0.2, 0) is 9.59 Å². The highest BCUT2D eigenvalue weighted by Crippen LogP contribution is 2.33. The Morgan fingerprint density at radius 2 is 1.57 bits per heavy atom. The summed E-state index contributed by atoms with van der Waals surface area (Å²) in [5.41, 5.74) is 1.52. The predicted octanol–water partition coefficient (Wildman–Crippen LogP) is 2.80. The number of hydrogen-bond donors (Lipinski definition) is 0. The molecule has 0 N–H and O–H groups in total. The van der Waals surface area contributed by atoms with Gasteiger partial charge in [0.05, 0.1) is 36.0 Å². The fourth-order valence-corrected chi connectivity index (χ4v) is 4.17. The Labute approximate surface area is 169 Å². The van der Waals surface area contributed by atoms with E-state index in [1.807, 2.05) is 24.3 Å². The Morgan fingerprint density at radius 1 is 0.929 bits per heavy atom. The van der Waals surface area contributed by atoms with E-state index in [9.17, 15) is 9.59 Å². The highest BCUT2D eigenvalue weighted by molar-refractivity contribution is 6.36. The second-order valence-corrected chi connectivity index (χ2v) is 7.34. The van der Waals surface area contributed by atoms with Gasteiger partial charge in [0.1, 0.15) is 5.75 Å². The molecule has 146 valence electrons. The molecule has 2 amide bonds. The Hall–Kier alpha value is -2.57. The Bertz CT molecular complexity index is 896. The van der Waals surface area contributed by atoms with E-state index < -0.39 is 6.04 Å². The van der Waals surface area contributed by atoms with Gasteiger partial charge in [0.2, 0.25) is 5.91 Å². The number of halogens is 1. The third kappa shape index (κ3) is 3.34. The first-order valence-corrected chi connectivity index (χ1v) is 9.71. The lowest BCUT2D eigenvalue weighted by Gasteiger charge is -2.38. The van der Waals surface area contributed by atoms with Crippen LogP contribution in [0.15, 0.2) is 48.5 Å². The Balaban J connectivity index is 1.46. The largest absolute Gasteiger partial charge is 0.495 e. The number of methoxy groups -OCH3 is 1. The van der Waals surface area contributed by atoms with Crippen molar-refractivity contribution >= 4 is 34.8 Å². The van der Waals surface area contributed by atoms with Crippen molar-refractivity contribution in [2.24, 2.45) is 0 Å². The van der Waals surface area contributed by atoms with E-state index in [0.29, 0.717) is 23.8 Å². The zero-order chi connectivity index (χ0) is 19.7. The van der Waals surface area contributed by atoms with Crippen LogP contribution in [0.1, 0.15) is 6.42 Å². The van der Waals surface area contributed by atoms with Crippen LogP contribution in [0.3, 0.4) is 0 Å². The van der Waals surface area contributed by atoms with Crippen molar-refractivity contribution in [3.8, 4) is 5.75 Å². The summed E-state index contributed by atoms with van der Waals surface area (Å²) in [5.74, 6) is 0.451. The third-order valence-corrected chi connectivity index (χ3v) is 5.72. The van der Waals surface area contributed by atoms with Crippen LogP contribution in [0.25, 0.3) is 0 Å². The third-order valence-electron chi connectivity index (χ3n) is 5.40. The number of benzene rings is 2. The lowest BCUT2D eigenvalue weighted by molar-refractivity contribution is -0.123. The molecule has 2 fully saturated rings. The quantitative estimate of drug-likeness (QED) is 0.740. The van der Waals surface area contributed by atoms with Crippen molar-refractivity contribution in [1.29, 1.82) is 0 Å². The lowest BCUT2D eigenvalue weighted by Crippen LogP contribution is -2.52. The molecule has 0 radical (unpaired) electrons. The molecule has 0 unspecified atom stereocenters. The minimum atomic E-state index is -0.427. The fraction of sp³-hybridized carbons (Fsp3) is 0.333. The van der Waals surface area contributed by atoms with Gasteiger partial charge >= 0.3 is 0 Å². The van der Waals surface area contributed by atoms with Crippen molar-refractivity contribution < 1.29 is 14.3 Å². The number of hydrogen-bond acceptors (Lipinski definition) is 5. The summed E-state index contributed by atoms with van der Waals surface area (Å²) >= 11 is 6.21. The van der Waals surface area contributed by atoms with Crippen LogP contribution < -0.4 is 14.5 Å². The lowest BCUT2D eigenvalue weighted by atomic mass is 10.1. The summed E-state index contributed by atoms with van der Waals surface area (Å²) in [7, 11) is 1.67. The van der Waals surface area contributed by atoms with E-state index in [1.54, 1.807) is 31.4 Å². The molecule has 2 aliphatic heterocycles. The molecular formula is C21H22ClN3O3. The molecule has 4 rings (SSSR count). The molecule has 1 atom stereocenters. The molecule has 6 nitrogen and oxygen atoms in total. The number of ether oxygens (including phenoxy) is 1. The minimum Gasteiger partial charge on any atom is -0.495 e. The highest BCUT2D eigenvalue weighted by Gasteiger charge is 2.44. The zero-order valence-corrected chi connectivity index (χ0v) is 16.4. The summed E-state index contributed by atoms with van der Waals surface area (Å²) in [6.45, 7) is 2.95. The number of carbonyl (C=O) groups excluding carboxylic acids is 2. The molecule has 0 spiro atoms. The molecule has 2 aromatic carbocycles. The van der Waals surface area contributed by atoms with E-state index >= 15 is 0 Å². The smallest absolute Gasteiger partial charge is 0.251 e. The van der Waals surface area contributed by atoms with Gasteiger partial charge in [-0.05, 0) is 24.3 Å². The van der Waals surface area contributed by atoms with Gasteiger partial charge in [-0.25, -0.2) is 4.90 Å². The minimum absolute atomic E-state index is 0.191. The van der Waals surface area contributed by atoms with Crippen LogP contribution in [0.2, 0.25) is 5.02 Å². The Morgan fingerprint density at radius 3 is 2.25 bits per heavy atom. The maximum atomic E-state index is 13.0. The van der Waals surface area contributed by atoms with Gasteiger partial charge in [0.25, 0.3) is 5.91 Å². The van der Waals surface area contributed by atoms with Crippen molar-refractivity contribution in [2.75, 3.05) is 43.1 Å². The van der Waals surface area contributed by atoms with E-state index in [4.69, 9.17) is 16.3 Å². The Kier molecular flexibility index (Phi) is 5.24. The first-order chi connectivity index (χ1) is 13.6. The van der Waals surface area contributed by atoms with Gasteiger partial charge in [-0.3, -0.25) is 14.5 Å². The van der Waals surface area contributed by atoms with E-state index in [2.05, 4.69) is 9.80 Å². The SMILES string of the molecule is COc1ccccc1N1CCN([C@H]2CC(=O)N(c3ccccc3Cl)C2=O)CC1.